The number of piperidine rings is 1. The second-order valence-electron chi connectivity index (χ2n) is 6.20. The van der Waals surface area contributed by atoms with Crippen molar-refractivity contribution >= 4 is 5.91 Å². The molecule has 0 saturated carbocycles. The molecule has 0 spiro atoms. The van der Waals surface area contributed by atoms with Crippen LogP contribution in [-0.2, 0) is 22.7 Å². The van der Waals surface area contributed by atoms with Gasteiger partial charge in [-0.1, -0.05) is 38.1 Å². The Morgan fingerprint density at radius 2 is 2.00 bits per heavy atom. The molecule has 4 heteroatoms. The van der Waals surface area contributed by atoms with Gasteiger partial charge < -0.3 is 15.0 Å². The molecule has 1 N–H and O–H groups in total. The Morgan fingerprint density at radius 3 is 2.59 bits per heavy atom. The van der Waals surface area contributed by atoms with Crippen molar-refractivity contribution in [1.29, 1.82) is 0 Å². The number of carbonyl (C=O) groups is 1. The molecule has 1 heterocycles. The van der Waals surface area contributed by atoms with E-state index in [0.29, 0.717) is 25.0 Å². The summed E-state index contributed by atoms with van der Waals surface area (Å²) in [4.78, 5) is 13.8. The molecule has 4 nitrogen and oxygen atoms in total. The van der Waals surface area contributed by atoms with Crippen LogP contribution in [0.4, 0.5) is 0 Å². The van der Waals surface area contributed by atoms with Crippen molar-refractivity contribution in [3.63, 3.8) is 0 Å². The lowest BCUT2D eigenvalue weighted by Gasteiger charge is -2.37. The van der Waals surface area contributed by atoms with Gasteiger partial charge in [0.05, 0.1) is 6.61 Å². The van der Waals surface area contributed by atoms with Crippen LogP contribution >= 0.6 is 0 Å². The highest BCUT2D eigenvalue weighted by atomic mass is 16.5. The van der Waals surface area contributed by atoms with E-state index >= 15 is 0 Å². The van der Waals surface area contributed by atoms with Gasteiger partial charge in [0.2, 0.25) is 5.91 Å². The zero-order chi connectivity index (χ0) is 15.9. The smallest absolute Gasteiger partial charge is 0.222 e. The van der Waals surface area contributed by atoms with Crippen LogP contribution in [0.1, 0.15) is 37.8 Å². The van der Waals surface area contributed by atoms with Crippen LogP contribution in [0.15, 0.2) is 24.3 Å². The van der Waals surface area contributed by atoms with E-state index in [2.05, 4.69) is 36.5 Å². The Balaban J connectivity index is 1.81. The van der Waals surface area contributed by atoms with Crippen molar-refractivity contribution in [1.82, 2.24) is 10.2 Å². The molecular weight excluding hydrogens is 276 g/mol. The van der Waals surface area contributed by atoms with Gasteiger partial charge in [-0.15, -0.1) is 0 Å². The first kappa shape index (κ1) is 17.0. The topological polar surface area (TPSA) is 41.6 Å². The van der Waals surface area contributed by atoms with Gasteiger partial charge in [-0.25, -0.2) is 0 Å². The zero-order valence-corrected chi connectivity index (χ0v) is 14.0. The number of nitrogens with one attached hydrogen (secondary N) is 1. The summed E-state index contributed by atoms with van der Waals surface area (Å²) in [6.45, 7) is 7.45. The van der Waals surface area contributed by atoms with Crippen molar-refractivity contribution in [2.24, 2.45) is 5.92 Å². The molecule has 1 aromatic carbocycles. The molecule has 2 atom stereocenters. The normalized spacial score (nSPS) is 21.9. The third kappa shape index (κ3) is 4.55. The van der Waals surface area contributed by atoms with Gasteiger partial charge in [-0.3, -0.25) is 4.79 Å². The fourth-order valence-electron chi connectivity index (χ4n) is 3.07. The van der Waals surface area contributed by atoms with E-state index in [1.54, 1.807) is 7.11 Å². The van der Waals surface area contributed by atoms with Gasteiger partial charge in [0.1, 0.15) is 0 Å². The highest BCUT2D eigenvalue weighted by Crippen LogP contribution is 2.18. The average Bonchev–Trinajstić information content (AvgIpc) is 2.54. The lowest BCUT2D eigenvalue weighted by Crippen LogP contribution is -2.49. The standard InChI is InChI=1S/C18H28N2O2/c1-4-18(21)20-10-9-17(14(2)12-20)19-11-15-5-7-16(8-6-15)13-22-3/h5-8,14,17,19H,4,9-13H2,1-3H3/t14-,17-/m0/s1. The van der Waals surface area contributed by atoms with E-state index in [4.69, 9.17) is 4.74 Å². The Morgan fingerprint density at radius 1 is 1.32 bits per heavy atom. The maximum atomic E-state index is 11.8. The highest BCUT2D eigenvalue weighted by Gasteiger charge is 2.27. The van der Waals surface area contributed by atoms with E-state index in [0.717, 1.165) is 26.1 Å². The third-order valence-electron chi connectivity index (χ3n) is 4.46. The number of amides is 1. The Bertz CT molecular complexity index is 472. The molecule has 1 fully saturated rings. The number of benzene rings is 1. The molecule has 0 aliphatic carbocycles. The summed E-state index contributed by atoms with van der Waals surface area (Å²) in [7, 11) is 1.71. The fourth-order valence-corrected chi connectivity index (χ4v) is 3.07. The largest absolute Gasteiger partial charge is 0.380 e. The molecule has 0 bridgehead atoms. The fraction of sp³-hybridized carbons (Fsp3) is 0.611. The number of hydrogen-bond donors (Lipinski definition) is 1. The first-order valence-electron chi connectivity index (χ1n) is 8.22. The molecule has 1 aromatic rings. The van der Waals surface area contributed by atoms with Crippen LogP contribution in [0.2, 0.25) is 0 Å². The number of nitrogens with zero attached hydrogens (tertiary/aromatic N) is 1. The molecule has 1 amide bonds. The van der Waals surface area contributed by atoms with Gasteiger partial charge in [0.15, 0.2) is 0 Å². The number of methoxy groups -OCH3 is 1. The van der Waals surface area contributed by atoms with E-state index in [-0.39, 0.29) is 5.91 Å². The summed E-state index contributed by atoms with van der Waals surface area (Å²) in [6.07, 6.45) is 1.65. The minimum Gasteiger partial charge on any atom is -0.380 e. The summed E-state index contributed by atoms with van der Waals surface area (Å²) in [6, 6.07) is 9.03. The molecular formula is C18H28N2O2. The second kappa shape index (κ2) is 8.30. The van der Waals surface area contributed by atoms with Crippen LogP contribution < -0.4 is 5.32 Å². The van der Waals surface area contributed by atoms with Gasteiger partial charge >= 0.3 is 0 Å². The Labute approximate surface area is 133 Å². The maximum Gasteiger partial charge on any atom is 0.222 e. The number of carbonyl (C=O) groups excluding carboxylic acids is 1. The lowest BCUT2D eigenvalue weighted by atomic mass is 9.93. The predicted octanol–water partition coefficient (Wildman–Crippen LogP) is 2.57. The molecule has 0 radical (unpaired) electrons. The quantitative estimate of drug-likeness (QED) is 0.878. The summed E-state index contributed by atoms with van der Waals surface area (Å²) in [5.74, 6) is 0.774. The number of hydrogen-bond acceptors (Lipinski definition) is 3. The summed E-state index contributed by atoms with van der Waals surface area (Å²) in [5.41, 5.74) is 2.49. The Hall–Kier alpha value is -1.39. The van der Waals surface area contributed by atoms with E-state index in [1.165, 1.54) is 11.1 Å². The summed E-state index contributed by atoms with van der Waals surface area (Å²) in [5, 5.41) is 3.65. The van der Waals surface area contributed by atoms with Gasteiger partial charge in [-0.05, 0) is 23.5 Å². The monoisotopic (exact) mass is 304 g/mol. The van der Waals surface area contributed by atoms with E-state index < -0.39 is 0 Å². The molecule has 1 saturated heterocycles. The number of rotatable bonds is 6. The number of ether oxygens (including phenoxy) is 1. The van der Waals surface area contributed by atoms with E-state index in [1.807, 2.05) is 11.8 Å². The number of likely N-dealkylation sites (tertiary alicyclic amines) is 1. The maximum absolute atomic E-state index is 11.8. The van der Waals surface area contributed by atoms with Crippen molar-refractivity contribution in [2.45, 2.75) is 45.9 Å². The van der Waals surface area contributed by atoms with Crippen LogP contribution in [0.5, 0.6) is 0 Å². The van der Waals surface area contributed by atoms with Crippen LogP contribution in [0.3, 0.4) is 0 Å². The van der Waals surface area contributed by atoms with Crippen molar-refractivity contribution in [2.75, 3.05) is 20.2 Å². The van der Waals surface area contributed by atoms with Crippen LogP contribution in [-0.4, -0.2) is 37.0 Å². The van der Waals surface area contributed by atoms with Gasteiger partial charge in [0, 0.05) is 39.2 Å². The molecule has 1 aliphatic rings. The van der Waals surface area contributed by atoms with E-state index in [9.17, 15) is 4.79 Å². The first-order chi connectivity index (χ1) is 10.6. The van der Waals surface area contributed by atoms with Crippen LogP contribution in [0, 0.1) is 5.92 Å². The molecule has 22 heavy (non-hydrogen) atoms. The molecule has 122 valence electrons. The Kier molecular flexibility index (Phi) is 6.40. The third-order valence-corrected chi connectivity index (χ3v) is 4.46. The minimum absolute atomic E-state index is 0.277. The van der Waals surface area contributed by atoms with Crippen LogP contribution in [0.25, 0.3) is 0 Å². The average molecular weight is 304 g/mol. The zero-order valence-electron chi connectivity index (χ0n) is 14.0. The first-order valence-corrected chi connectivity index (χ1v) is 8.22. The second-order valence-corrected chi connectivity index (χ2v) is 6.20. The van der Waals surface area contributed by atoms with Gasteiger partial charge in [-0.2, -0.15) is 0 Å². The van der Waals surface area contributed by atoms with Crippen molar-refractivity contribution < 1.29 is 9.53 Å². The SMILES string of the molecule is CCC(=O)N1CC[C@H](NCc2ccc(COC)cc2)[C@@H](C)C1. The lowest BCUT2D eigenvalue weighted by molar-refractivity contribution is -0.132. The molecule has 0 unspecified atom stereocenters. The molecule has 0 aromatic heterocycles. The minimum atomic E-state index is 0.277. The highest BCUT2D eigenvalue weighted by molar-refractivity contribution is 5.75. The predicted molar refractivity (Wildman–Crippen MR) is 88.4 cm³/mol. The van der Waals surface area contributed by atoms with Crippen molar-refractivity contribution in [3.8, 4) is 0 Å². The molecule has 1 aliphatic heterocycles. The van der Waals surface area contributed by atoms with Crippen molar-refractivity contribution in [3.05, 3.63) is 35.4 Å². The summed E-state index contributed by atoms with van der Waals surface area (Å²) >= 11 is 0. The summed E-state index contributed by atoms with van der Waals surface area (Å²) < 4.78 is 5.13. The van der Waals surface area contributed by atoms with Gasteiger partial charge in [0.25, 0.3) is 0 Å². The molecule has 2 rings (SSSR count).